The Morgan fingerprint density at radius 1 is 1.55 bits per heavy atom. The SMILES string of the molecule is C=C(Cc1cccs1)NC1BCC(CC(=O)O)CCC1. The first-order valence-corrected chi connectivity index (χ1v) is 8.20. The van der Waals surface area contributed by atoms with Gasteiger partial charge in [-0.25, -0.2) is 0 Å². The van der Waals surface area contributed by atoms with Crippen LogP contribution in [0.15, 0.2) is 29.8 Å². The Morgan fingerprint density at radius 2 is 2.40 bits per heavy atom. The molecule has 0 spiro atoms. The van der Waals surface area contributed by atoms with Crippen molar-refractivity contribution in [2.75, 3.05) is 0 Å². The minimum Gasteiger partial charge on any atom is -0.481 e. The predicted molar refractivity (Wildman–Crippen MR) is 85.6 cm³/mol. The van der Waals surface area contributed by atoms with Crippen molar-refractivity contribution in [1.82, 2.24) is 5.32 Å². The van der Waals surface area contributed by atoms with Crippen LogP contribution >= 0.6 is 11.3 Å². The van der Waals surface area contributed by atoms with Crippen LogP contribution in [0.5, 0.6) is 0 Å². The number of carboxylic acids is 1. The van der Waals surface area contributed by atoms with Gasteiger partial charge < -0.3 is 10.4 Å². The summed E-state index contributed by atoms with van der Waals surface area (Å²) >= 11 is 1.76. The Bertz CT molecular complexity index is 447. The van der Waals surface area contributed by atoms with Crippen LogP contribution in [-0.4, -0.2) is 24.3 Å². The van der Waals surface area contributed by atoms with Gasteiger partial charge in [-0.1, -0.05) is 31.8 Å². The number of allylic oxidation sites excluding steroid dienone is 1. The molecule has 1 saturated heterocycles. The lowest BCUT2D eigenvalue weighted by atomic mass is 9.63. The van der Waals surface area contributed by atoms with Gasteiger partial charge in [0.05, 0.1) is 0 Å². The molecule has 0 aromatic carbocycles. The van der Waals surface area contributed by atoms with Gasteiger partial charge in [0.25, 0.3) is 0 Å². The van der Waals surface area contributed by atoms with Gasteiger partial charge in [0.2, 0.25) is 0 Å². The average Bonchev–Trinajstić information content (AvgIpc) is 2.78. The summed E-state index contributed by atoms with van der Waals surface area (Å²) in [6, 6.07) is 4.20. The number of rotatable bonds is 6. The Balaban J connectivity index is 1.76. The molecule has 2 rings (SSSR count). The minimum atomic E-state index is -0.663. The lowest BCUT2D eigenvalue weighted by Crippen LogP contribution is -2.33. The van der Waals surface area contributed by atoms with E-state index in [2.05, 4.69) is 29.4 Å². The maximum atomic E-state index is 10.8. The zero-order chi connectivity index (χ0) is 14.4. The van der Waals surface area contributed by atoms with Gasteiger partial charge in [-0.2, -0.15) is 0 Å². The molecule has 108 valence electrons. The summed E-state index contributed by atoms with van der Waals surface area (Å²) < 4.78 is 0. The molecule has 0 radical (unpaired) electrons. The quantitative estimate of drug-likeness (QED) is 0.792. The highest BCUT2D eigenvalue weighted by Gasteiger charge is 2.21. The van der Waals surface area contributed by atoms with E-state index in [-0.39, 0.29) is 0 Å². The van der Waals surface area contributed by atoms with Crippen LogP contribution in [0.4, 0.5) is 0 Å². The van der Waals surface area contributed by atoms with Crippen molar-refractivity contribution in [3.8, 4) is 0 Å². The van der Waals surface area contributed by atoms with E-state index >= 15 is 0 Å². The van der Waals surface area contributed by atoms with Gasteiger partial charge in [0, 0.05) is 23.4 Å². The molecule has 2 unspecified atom stereocenters. The maximum Gasteiger partial charge on any atom is 0.303 e. The second-order valence-corrected chi connectivity index (χ2v) is 6.71. The summed E-state index contributed by atoms with van der Waals surface area (Å²) in [5, 5.41) is 14.5. The lowest BCUT2D eigenvalue weighted by Gasteiger charge is -2.18. The molecule has 1 aromatic heterocycles. The van der Waals surface area contributed by atoms with E-state index in [0.717, 1.165) is 45.0 Å². The normalized spacial score (nSPS) is 22.6. The molecule has 1 fully saturated rings. The van der Waals surface area contributed by atoms with Crippen LogP contribution in [0.25, 0.3) is 0 Å². The van der Waals surface area contributed by atoms with Crippen molar-refractivity contribution >= 4 is 24.6 Å². The van der Waals surface area contributed by atoms with Gasteiger partial charge in [0.15, 0.2) is 0 Å². The maximum absolute atomic E-state index is 10.8. The molecule has 1 aromatic rings. The molecule has 0 aliphatic carbocycles. The Morgan fingerprint density at radius 3 is 3.10 bits per heavy atom. The molecule has 2 N–H and O–H groups in total. The first-order valence-electron chi connectivity index (χ1n) is 7.32. The fourth-order valence-electron chi connectivity index (χ4n) is 2.94. The van der Waals surface area contributed by atoms with Crippen molar-refractivity contribution < 1.29 is 9.90 Å². The Kier molecular flexibility index (Phi) is 5.71. The standard InChI is InChI=1S/C15H22BNO2S/c1-11(8-13-5-3-7-20-13)17-14-6-2-4-12(10-16-14)9-15(18)19/h3,5,7,12,14,16-17H,1-2,4,6,8-10H2,(H,18,19). The van der Waals surface area contributed by atoms with E-state index in [1.165, 1.54) is 4.88 Å². The summed E-state index contributed by atoms with van der Waals surface area (Å²) in [6.45, 7) is 4.12. The van der Waals surface area contributed by atoms with E-state index in [1.54, 1.807) is 11.3 Å². The molecular weight excluding hydrogens is 269 g/mol. The molecule has 0 saturated carbocycles. The number of thiophene rings is 1. The molecule has 1 aliphatic rings. The second kappa shape index (κ2) is 7.53. The first kappa shape index (κ1) is 15.2. The summed E-state index contributed by atoms with van der Waals surface area (Å²) in [6.07, 6.45) is 5.51. The number of nitrogens with one attached hydrogen (secondary N) is 1. The lowest BCUT2D eigenvalue weighted by molar-refractivity contribution is -0.138. The monoisotopic (exact) mass is 291 g/mol. The highest BCUT2D eigenvalue weighted by Crippen LogP contribution is 2.23. The summed E-state index contributed by atoms with van der Waals surface area (Å²) in [5.74, 6) is 0.148. The fraction of sp³-hybridized carbons (Fsp3) is 0.533. The van der Waals surface area contributed by atoms with E-state index in [9.17, 15) is 4.79 Å². The van der Waals surface area contributed by atoms with Gasteiger partial charge in [0.1, 0.15) is 7.28 Å². The minimum absolute atomic E-state index is 0.322. The van der Waals surface area contributed by atoms with Crippen molar-refractivity contribution in [3.63, 3.8) is 0 Å². The Labute approximate surface area is 125 Å². The van der Waals surface area contributed by atoms with Crippen LogP contribution < -0.4 is 5.32 Å². The zero-order valence-corrected chi connectivity index (χ0v) is 12.6. The van der Waals surface area contributed by atoms with Gasteiger partial charge in [-0.15, -0.1) is 11.3 Å². The molecule has 5 heteroatoms. The van der Waals surface area contributed by atoms with Crippen LogP contribution in [0.3, 0.4) is 0 Å². The largest absolute Gasteiger partial charge is 0.481 e. The summed E-state index contributed by atoms with van der Waals surface area (Å²) in [5.41, 5.74) is 1.08. The third-order valence-corrected chi connectivity index (χ3v) is 4.80. The second-order valence-electron chi connectivity index (χ2n) is 5.67. The van der Waals surface area contributed by atoms with Gasteiger partial charge >= 0.3 is 5.97 Å². The third kappa shape index (κ3) is 5.04. The number of hydrogen-bond acceptors (Lipinski definition) is 3. The summed E-state index contributed by atoms with van der Waals surface area (Å²) in [7, 11) is 1.06. The smallest absolute Gasteiger partial charge is 0.303 e. The molecule has 0 bridgehead atoms. The van der Waals surface area contributed by atoms with Crippen molar-refractivity contribution in [3.05, 3.63) is 34.7 Å². The topological polar surface area (TPSA) is 49.3 Å². The van der Waals surface area contributed by atoms with E-state index in [1.807, 2.05) is 0 Å². The molecule has 2 heterocycles. The van der Waals surface area contributed by atoms with E-state index in [0.29, 0.717) is 18.3 Å². The predicted octanol–water partition coefficient (Wildman–Crippen LogP) is 2.85. The van der Waals surface area contributed by atoms with Gasteiger partial charge in [-0.3, -0.25) is 4.79 Å². The molecule has 0 amide bonds. The molecule has 2 atom stereocenters. The highest BCUT2D eigenvalue weighted by atomic mass is 32.1. The van der Waals surface area contributed by atoms with E-state index in [4.69, 9.17) is 5.11 Å². The number of aliphatic carboxylic acids is 1. The van der Waals surface area contributed by atoms with Crippen LogP contribution in [0, 0.1) is 5.92 Å². The van der Waals surface area contributed by atoms with Crippen molar-refractivity contribution in [2.24, 2.45) is 5.92 Å². The fourth-order valence-corrected chi connectivity index (χ4v) is 3.68. The molecule has 1 aliphatic heterocycles. The molecule has 20 heavy (non-hydrogen) atoms. The number of carboxylic acid groups (broad SMARTS) is 1. The molecular formula is C15H22BNO2S. The number of hydrogen-bond donors (Lipinski definition) is 2. The molecule has 3 nitrogen and oxygen atoms in total. The third-order valence-electron chi connectivity index (χ3n) is 3.93. The highest BCUT2D eigenvalue weighted by molar-refractivity contribution is 7.09. The zero-order valence-electron chi connectivity index (χ0n) is 11.8. The summed E-state index contributed by atoms with van der Waals surface area (Å²) in [4.78, 5) is 12.1. The van der Waals surface area contributed by atoms with Gasteiger partial charge in [-0.05, 0) is 29.7 Å². The van der Waals surface area contributed by atoms with Crippen LogP contribution in [0.1, 0.15) is 30.6 Å². The average molecular weight is 291 g/mol. The van der Waals surface area contributed by atoms with Crippen molar-refractivity contribution in [2.45, 2.75) is 44.4 Å². The van der Waals surface area contributed by atoms with Crippen LogP contribution in [0.2, 0.25) is 6.32 Å². The van der Waals surface area contributed by atoms with Crippen molar-refractivity contribution in [1.29, 1.82) is 0 Å². The van der Waals surface area contributed by atoms with E-state index < -0.39 is 5.97 Å². The van der Waals surface area contributed by atoms with Crippen LogP contribution in [-0.2, 0) is 11.2 Å². The number of carbonyl (C=O) groups is 1. The Hall–Kier alpha value is -1.23. The first-order chi connectivity index (χ1) is 9.63.